The van der Waals surface area contributed by atoms with E-state index in [1.54, 1.807) is 23.1 Å². The number of carbonyl (C=O) groups excluding carboxylic acids is 2. The highest BCUT2D eigenvalue weighted by atomic mass is 32.2. The summed E-state index contributed by atoms with van der Waals surface area (Å²) in [4.78, 5) is 30.3. The van der Waals surface area contributed by atoms with Crippen LogP contribution in [-0.2, 0) is 38.6 Å². The van der Waals surface area contributed by atoms with Crippen LogP contribution in [0.15, 0.2) is 132 Å². The van der Waals surface area contributed by atoms with Crippen molar-refractivity contribution < 1.29 is 28.9 Å². The first-order valence-corrected chi connectivity index (χ1v) is 20.0. The van der Waals surface area contributed by atoms with Crippen LogP contribution in [0.4, 0.5) is 4.79 Å². The molecule has 1 fully saturated rings. The van der Waals surface area contributed by atoms with Gasteiger partial charge in [0, 0.05) is 30.2 Å². The lowest BCUT2D eigenvalue weighted by Crippen LogP contribution is -2.47. The van der Waals surface area contributed by atoms with Gasteiger partial charge in [-0.25, -0.2) is 14.6 Å². The van der Waals surface area contributed by atoms with E-state index in [2.05, 4.69) is 23.6 Å². The van der Waals surface area contributed by atoms with Gasteiger partial charge in [0.25, 0.3) is 0 Å². The SMILES string of the molecule is COC(=O)[C@H](Cc1ccccc1)NC(=O)NCc1ccccc1-c1ccc([C@@H]2O[C@H](CSc3nc4ccccc4s3)[C@H](C)[C@H](c3ccc(CO)cc3)O2)cc1. The van der Waals surface area contributed by atoms with E-state index in [0.717, 1.165) is 53.5 Å². The summed E-state index contributed by atoms with van der Waals surface area (Å²) < 4.78 is 20.5. The van der Waals surface area contributed by atoms with Gasteiger partial charge in [0.05, 0.1) is 36.1 Å². The number of amides is 2. The van der Waals surface area contributed by atoms with E-state index >= 15 is 0 Å². The normalized spacial score (nSPS) is 18.7. The van der Waals surface area contributed by atoms with Gasteiger partial charge >= 0.3 is 12.0 Å². The van der Waals surface area contributed by atoms with E-state index in [4.69, 9.17) is 19.2 Å². The summed E-state index contributed by atoms with van der Waals surface area (Å²) in [6.45, 7) is 2.40. The molecule has 0 spiro atoms. The molecule has 0 radical (unpaired) electrons. The average Bonchev–Trinajstić information content (AvgIpc) is 3.66. The molecule has 0 saturated carbocycles. The van der Waals surface area contributed by atoms with Crippen LogP contribution in [0.3, 0.4) is 0 Å². The standard InChI is InChI=1S/C44H43N3O6S2/c1-28-38(27-54-44-47-36-14-8-9-15-39(36)55-44)52-42(53-40(28)32-18-16-30(26-48)17-19-32)33-22-20-31(21-23-33)35-13-7-6-12-34(35)25-45-43(50)46-37(41(49)51-2)24-29-10-4-3-5-11-29/h3-23,28,37-38,40,42,48H,24-27H2,1-2H3,(H2,45,46,50)/t28-,37-,38+,40+,42+/m0/s1. The van der Waals surface area contributed by atoms with Crippen molar-refractivity contribution in [1.82, 2.24) is 15.6 Å². The number of nitrogens with one attached hydrogen (secondary N) is 2. The third kappa shape index (κ3) is 9.44. The Labute approximate surface area is 329 Å². The zero-order valence-electron chi connectivity index (χ0n) is 30.6. The fourth-order valence-electron chi connectivity index (χ4n) is 6.72. The van der Waals surface area contributed by atoms with Crippen molar-refractivity contribution in [2.75, 3.05) is 12.9 Å². The fraction of sp³-hybridized carbons (Fsp3) is 0.250. The highest BCUT2D eigenvalue weighted by Gasteiger charge is 2.38. The second-order valence-corrected chi connectivity index (χ2v) is 15.7. The van der Waals surface area contributed by atoms with Gasteiger partial charge in [0.1, 0.15) is 6.04 Å². The Balaban J connectivity index is 1.05. The highest BCUT2D eigenvalue weighted by Crippen LogP contribution is 2.44. The summed E-state index contributed by atoms with van der Waals surface area (Å²) in [6.07, 6.45) is -0.636. The molecule has 5 atom stereocenters. The molecular formula is C44H43N3O6S2. The summed E-state index contributed by atoms with van der Waals surface area (Å²) in [5, 5.41) is 15.3. The van der Waals surface area contributed by atoms with Crippen LogP contribution in [0.1, 0.15) is 47.1 Å². The number of nitrogens with zero attached hydrogens (tertiary/aromatic N) is 1. The van der Waals surface area contributed by atoms with Crippen molar-refractivity contribution in [1.29, 1.82) is 0 Å². The van der Waals surface area contributed by atoms with Gasteiger partial charge in [-0.3, -0.25) is 0 Å². The van der Waals surface area contributed by atoms with Crippen molar-refractivity contribution in [3.8, 4) is 11.1 Å². The Hall–Kier alpha value is -5.04. The third-order valence-corrected chi connectivity index (χ3v) is 12.1. The molecule has 1 aliphatic rings. The number of carbonyl (C=O) groups is 2. The van der Waals surface area contributed by atoms with Crippen LogP contribution < -0.4 is 10.6 Å². The molecule has 11 heteroatoms. The Morgan fingerprint density at radius 2 is 1.56 bits per heavy atom. The number of ether oxygens (including phenoxy) is 3. The van der Waals surface area contributed by atoms with E-state index in [1.165, 1.54) is 7.11 Å². The lowest BCUT2D eigenvalue weighted by atomic mass is 9.91. The summed E-state index contributed by atoms with van der Waals surface area (Å²) in [6, 6.07) is 40.4. The number of thiazole rings is 1. The van der Waals surface area contributed by atoms with Crippen molar-refractivity contribution in [2.24, 2.45) is 5.92 Å². The molecule has 9 nitrogen and oxygen atoms in total. The van der Waals surface area contributed by atoms with Gasteiger partial charge in [-0.1, -0.05) is 134 Å². The van der Waals surface area contributed by atoms with Crippen LogP contribution in [0.25, 0.3) is 21.3 Å². The molecule has 2 amide bonds. The molecule has 1 aromatic heterocycles. The number of methoxy groups -OCH3 is 1. The van der Waals surface area contributed by atoms with Crippen LogP contribution >= 0.6 is 23.1 Å². The Bertz CT molecular complexity index is 2160. The second-order valence-electron chi connectivity index (χ2n) is 13.5. The maximum Gasteiger partial charge on any atom is 0.328 e. The Morgan fingerprint density at radius 1 is 0.855 bits per heavy atom. The monoisotopic (exact) mass is 773 g/mol. The number of fused-ring (bicyclic) bond motifs is 1. The van der Waals surface area contributed by atoms with E-state index in [9.17, 15) is 14.7 Å². The first kappa shape index (κ1) is 38.2. The predicted molar refractivity (Wildman–Crippen MR) is 217 cm³/mol. The number of aromatic nitrogens is 1. The molecule has 1 aliphatic heterocycles. The number of hydrogen-bond donors (Lipinski definition) is 3. The van der Waals surface area contributed by atoms with E-state index < -0.39 is 24.3 Å². The van der Waals surface area contributed by atoms with Crippen molar-refractivity contribution >= 4 is 45.3 Å². The number of urea groups is 1. The van der Waals surface area contributed by atoms with Crippen molar-refractivity contribution in [2.45, 2.75) is 55.4 Å². The Morgan fingerprint density at radius 3 is 2.31 bits per heavy atom. The smallest absolute Gasteiger partial charge is 0.328 e. The largest absolute Gasteiger partial charge is 0.467 e. The van der Waals surface area contributed by atoms with Crippen molar-refractivity contribution in [3.63, 3.8) is 0 Å². The molecule has 0 aliphatic carbocycles. The first-order valence-electron chi connectivity index (χ1n) is 18.2. The maximum atomic E-state index is 13.0. The van der Waals surface area contributed by atoms with Crippen LogP contribution in [0, 0.1) is 5.92 Å². The number of aliphatic hydroxyl groups is 1. The van der Waals surface area contributed by atoms with Gasteiger partial charge in [0.15, 0.2) is 10.6 Å². The number of benzene rings is 5. The summed E-state index contributed by atoms with van der Waals surface area (Å²) in [5.41, 5.74) is 7.55. The summed E-state index contributed by atoms with van der Waals surface area (Å²) >= 11 is 3.40. The minimum atomic E-state index is -0.826. The van der Waals surface area contributed by atoms with Crippen LogP contribution in [0.2, 0.25) is 0 Å². The lowest BCUT2D eigenvalue weighted by molar-refractivity contribution is -0.268. The van der Waals surface area contributed by atoms with Gasteiger partial charge in [-0.05, 0) is 45.5 Å². The molecule has 282 valence electrons. The summed E-state index contributed by atoms with van der Waals surface area (Å²) in [5.74, 6) is 0.254. The molecule has 7 rings (SSSR count). The fourth-order valence-corrected chi connectivity index (χ4v) is 8.98. The summed E-state index contributed by atoms with van der Waals surface area (Å²) in [7, 11) is 1.31. The van der Waals surface area contributed by atoms with E-state index in [-0.39, 0.29) is 31.3 Å². The maximum absolute atomic E-state index is 13.0. The molecule has 0 bridgehead atoms. The molecule has 2 heterocycles. The lowest BCUT2D eigenvalue weighted by Gasteiger charge is -2.41. The van der Waals surface area contributed by atoms with E-state index in [0.29, 0.717) is 12.2 Å². The van der Waals surface area contributed by atoms with Crippen LogP contribution in [-0.4, -0.2) is 47.1 Å². The molecular weight excluding hydrogens is 731 g/mol. The van der Waals surface area contributed by atoms with Gasteiger partial charge in [-0.2, -0.15) is 0 Å². The topological polar surface area (TPSA) is 119 Å². The van der Waals surface area contributed by atoms with Crippen molar-refractivity contribution in [3.05, 3.63) is 155 Å². The number of aliphatic hydroxyl groups excluding tert-OH is 1. The number of rotatable bonds is 13. The zero-order valence-corrected chi connectivity index (χ0v) is 32.2. The van der Waals surface area contributed by atoms with Crippen LogP contribution in [0.5, 0.6) is 0 Å². The number of para-hydroxylation sites is 1. The number of esters is 1. The molecule has 6 aromatic rings. The Kier molecular flexibility index (Phi) is 12.6. The van der Waals surface area contributed by atoms with E-state index in [1.807, 2.05) is 121 Å². The molecule has 0 unspecified atom stereocenters. The first-order chi connectivity index (χ1) is 26.9. The molecule has 5 aromatic carbocycles. The minimum Gasteiger partial charge on any atom is -0.467 e. The second kappa shape index (κ2) is 18.1. The molecule has 1 saturated heterocycles. The zero-order chi connectivity index (χ0) is 38.1. The molecule has 3 N–H and O–H groups in total. The minimum absolute atomic E-state index is 0.0160. The van der Waals surface area contributed by atoms with Gasteiger partial charge < -0.3 is 30.0 Å². The average molecular weight is 774 g/mol. The number of thioether (sulfide) groups is 1. The predicted octanol–water partition coefficient (Wildman–Crippen LogP) is 8.62. The number of hydrogen-bond acceptors (Lipinski definition) is 9. The molecule has 55 heavy (non-hydrogen) atoms. The third-order valence-electron chi connectivity index (χ3n) is 9.79. The highest BCUT2D eigenvalue weighted by molar-refractivity contribution is 8.01. The van der Waals surface area contributed by atoms with Gasteiger partial charge in [0.2, 0.25) is 0 Å². The quantitative estimate of drug-likeness (QED) is 0.0789. The van der Waals surface area contributed by atoms with Gasteiger partial charge in [-0.15, -0.1) is 11.3 Å².